The summed E-state index contributed by atoms with van der Waals surface area (Å²) in [4.78, 5) is 17.2. The van der Waals surface area contributed by atoms with Crippen LogP contribution in [0.25, 0.3) is 10.9 Å². The van der Waals surface area contributed by atoms with Crippen LogP contribution in [0.2, 0.25) is 0 Å². The first kappa shape index (κ1) is 17.1. The highest BCUT2D eigenvalue weighted by Crippen LogP contribution is 2.22. The molecule has 0 aliphatic carbocycles. The second-order valence-electron chi connectivity index (χ2n) is 6.45. The summed E-state index contributed by atoms with van der Waals surface area (Å²) in [5, 5.41) is 8.15. The highest BCUT2D eigenvalue weighted by Gasteiger charge is 2.15. The van der Waals surface area contributed by atoms with Crippen molar-refractivity contribution < 1.29 is 9.32 Å². The van der Waals surface area contributed by atoms with Gasteiger partial charge < -0.3 is 19.7 Å². The third-order valence-electron chi connectivity index (χ3n) is 4.59. The number of nitrogens with one attached hydrogen (secondary N) is 2. The van der Waals surface area contributed by atoms with Gasteiger partial charge in [0.05, 0.1) is 12.2 Å². The predicted octanol–water partition coefficient (Wildman–Crippen LogP) is 3.47. The summed E-state index contributed by atoms with van der Waals surface area (Å²) < 4.78 is 5.15. The van der Waals surface area contributed by atoms with Crippen molar-refractivity contribution in [2.45, 2.75) is 33.7 Å². The SMILES string of the molecule is Cc1noc(C)c1CN(C)C(=O)NCCc1c[nH]c2cccc(C)c12. The van der Waals surface area contributed by atoms with Crippen LogP contribution in [0, 0.1) is 20.8 Å². The molecule has 2 aromatic heterocycles. The fraction of sp³-hybridized carbons (Fsp3) is 0.368. The first-order valence-electron chi connectivity index (χ1n) is 8.43. The molecule has 2 amide bonds. The van der Waals surface area contributed by atoms with Gasteiger partial charge in [-0.25, -0.2) is 4.79 Å². The first-order valence-corrected chi connectivity index (χ1v) is 8.43. The summed E-state index contributed by atoms with van der Waals surface area (Å²) in [6, 6.07) is 6.12. The number of hydrogen-bond acceptors (Lipinski definition) is 3. The van der Waals surface area contributed by atoms with E-state index in [-0.39, 0.29) is 6.03 Å². The molecular weight excluding hydrogens is 316 g/mol. The maximum Gasteiger partial charge on any atom is 0.317 e. The van der Waals surface area contributed by atoms with Crippen LogP contribution in [0.15, 0.2) is 28.9 Å². The van der Waals surface area contributed by atoms with E-state index in [1.54, 1.807) is 11.9 Å². The van der Waals surface area contributed by atoms with Crippen LogP contribution < -0.4 is 5.32 Å². The average Bonchev–Trinajstić information content (AvgIpc) is 3.14. The number of benzene rings is 1. The lowest BCUT2D eigenvalue weighted by Gasteiger charge is -2.17. The number of urea groups is 1. The second-order valence-corrected chi connectivity index (χ2v) is 6.45. The summed E-state index contributed by atoms with van der Waals surface area (Å²) in [5.41, 5.74) is 5.39. The molecule has 0 saturated heterocycles. The zero-order valence-corrected chi connectivity index (χ0v) is 15.1. The van der Waals surface area contributed by atoms with E-state index in [1.165, 1.54) is 16.5 Å². The zero-order chi connectivity index (χ0) is 18.0. The number of aryl methyl sites for hydroxylation is 3. The van der Waals surface area contributed by atoms with Crippen LogP contribution in [-0.4, -0.2) is 34.7 Å². The molecule has 0 unspecified atom stereocenters. The van der Waals surface area contributed by atoms with E-state index >= 15 is 0 Å². The molecule has 132 valence electrons. The number of carbonyl (C=O) groups is 1. The van der Waals surface area contributed by atoms with Crippen LogP contribution in [0.5, 0.6) is 0 Å². The second kappa shape index (κ2) is 7.01. The van der Waals surface area contributed by atoms with Gasteiger partial charge in [-0.15, -0.1) is 0 Å². The molecule has 0 saturated carbocycles. The third kappa shape index (κ3) is 3.52. The summed E-state index contributed by atoms with van der Waals surface area (Å²) in [6.07, 6.45) is 2.81. The average molecular weight is 340 g/mol. The van der Waals surface area contributed by atoms with Gasteiger partial charge in [-0.2, -0.15) is 0 Å². The van der Waals surface area contributed by atoms with Gasteiger partial charge >= 0.3 is 6.03 Å². The van der Waals surface area contributed by atoms with Gasteiger partial charge in [0.15, 0.2) is 0 Å². The minimum atomic E-state index is -0.100. The highest BCUT2D eigenvalue weighted by molar-refractivity contribution is 5.86. The minimum Gasteiger partial charge on any atom is -0.361 e. The summed E-state index contributed by atoms with van der Waals surface area (Å²) >= 11 is 0. The van der Waals surface area contributed by atoms with Crippen LogP contribution in [0.1, 0.15) is 28.1 Å². The molecule has 0 bridgehead atoms. The predicted molar refractivity (Wildman–Crippen MR) is 97.6 cm³/mol. The Morgan fingerprint density at radius 1 is 1.32 bits per heavy atom. The highest BCUT2D eigenvalue weighted by atomic mass is 16.5. The Bertz CT molecular complexity index is 875. The van der Waals surface area contributed by atoms with Gasteiger partial charge in [-0.3, -0.25) is 0 Å². The quantitative estimate of drug-likeness (QED) is 0.747. The number of aromatic amines is 1. The van der Waals surface area contributed by atoms with Gasteiger partial charge in [0.1, 0.15) is 5.76 Å². The number of H-pyrrole nitrogens is 1. The molecule has 0 atom stereocenters. The third-order valence-corrected chi connectivity index (χ3v) is 4.59. The van der Waals surface area contributed by atoms with Crippen molar-refractivity contribution in [3.8, 4) is 0 Å². The molecule has 0 spiro atoms. The van der Waals surface area contributed by atoms with Gasteiger partial charge in [0.25, 0.3) is 0 Å². The summed E-state index contributed by atoms with van der Waals surface area (Å²) in [6.45, 7) is 6.93. The first-order chi connectivity index (χ1) is 12.0. The number of nitrogens with zero attached hydrogens (tertiary/aromatic N) is 2. The summed E-state index contributed by atoms with van der Waals surface area (Å²) in [7, 11) is 1.77. The maximum absolute atomic E-state index is 12.3. The van der Waals surface area contributed by atoms with E-state index < -0.39 is 0 Å². The molecule has 0 fully saturated rings. The van der Waals surface area contributed by atoms with Gasteiger partial charge in [0, 0.05) is 36.3 Å². The minimum absolute atomic E-state index is 0.100. The number of carbonyl (C=O) groups excluding carboxylic acids is 1. The molecule has 2 N–H and O–H groups in total. The molecule has 0 aliphatic rings. The largest absolute Gasteiger partial charge is 0.361 e. The van der Waals surface area contributed by atoms with Crippen LogP contribution in [0.3, 0.4) is 0 Å². The summed E-state index contributed by atoms with van der Waals surface area (Å²) in [5.74, 6) is 0.756. The molecule has 0 radical (unpaired) electrons. The molecule has 3 rings (SSSR count). The molecule has 1 aromatic carbocycles. The lowest BCUT2D eigenvalue weighted by Crippen LogP contribution is -2.37. The van der Waals surface area contributed by atoms with Crippen LogP contribution in [-0.2, 0) is 13.0 Å². The van der Waals surface area contributed by atoms with Crippen molar-refractivity contribution in [3.63, 3.8) is 0 Å². The van der Waals surface area contributed by atoms with Gasteiger partial charge in [-0.05, 0) is 44.4 Å². The number of aromatic nitrogens is 2. The number of rotatable bonds is 5. The van der Waals surface area contributed by atoms with Gasteiger partial charge in [0.2, 0.25) is 0 Å². The lowest BCUT2D eigenvalue weighted by atomic mass is 10.1. The van der Waals surface area contributed by atoms with E-state index in [9.17, 15) is 4.79 Å². The normalized spacial score (nSPS) is 11.0. The molecule has 25 heavy (non-hydrogen) atoms. The van der Waals surface area contributed by atoms with Crippen LogP contribution in [0.4, 0.5) is 4.79 Å². The van der Waals surface area contributed by atoms with Crippen molar-refractivity contribution >= 4 is 16.9 Å². The molecule has 3 aromatic rings. The monoisotopic (exact) mass is 340 g/mol. The Balaban J connectivity index is 1.57. The van der Waals surface area contributed by atoms with E-state index in [0.29, 0.717) is 13.1 Å². The number of amides is 2. The van der Waals surface area contributed by atoms with E-state index in [2.05, 4.69) is 34.5 Å². The molecule has 6 heteroatoms. The lowest BCUT2D eigenvalue weighted by molar-refractivity contribution is 0.207. The smallest absolute Gasteiger partial charge is 0.317 e. The Morgan fingerprint density at radius 2 is 2.12 bits per heavy atom. The van der Waals surface area contributed by atoms with E-state index in [0.717, 1.165) is 29.0 Å². The topological polar surface area (TPSA) is 74.2 Å². The Labute approximate surface area is 147 Å². The standard InChI is InChI=1S/C19H24N4O2/c1-12-6-5-7-17-18(12)15(10-21-17)8-9-20-19(24)23(4)11-16-13(2)22-25-14(16)3/h5-7,10,21H,8-9,11H2,1-4H3,(H,20,24). The number of fused-ring (bicyclic) bond motifs is 1. The molecule has 6 nitrogen and oxygen atoms in total. The van der Waals surface area contributed by atoms with Crippen molar-refractivity contribution in [2.24, 2.45) is 0 Å². The Morgan fingerprint density at radius 3 is 2.84 bits per heavy atom. The zero-order valence-electron chi connectivity index (χ0n) is 15.1. The maximum atomic E-state index is 12.3. The van der Waals surface area contributed by atoms with Crippen LogP contribution >= 0.6 is 0 Å². The Kier molecular flexibility index (Phi) is 4.79. The van der Waals surface area contributed by atoms with Crippen molar-refractivity contribution in [3.05, 3.63) is 52.5 Å². The number of hydrogen-bond donors (Lipinski definition) is 2. The van der Waals surface area contributed by atoms with Crippen molar-refractivity contribution in [1.29, 1.82) is 0 Å². The van der Waals surface area contributed by atoms with Gasteiger partial charge in [-0.1, -0.05) is 17.3 Å². The fourth-order valence-corrected chi connectivity index (χ4v) is 3.12. The van der Waals surface area contributed by atoms with E-state index in [1.807, 2.05) is 26.1 Å². The molecule has 0 aliphatic heterocycles. The fourth-order valence-electron chi connectivity index (χ4n) is 3.12. The Hall–Kier alpha value is -2.76. The molecular formula is C19H24N4O2. The van der Waals surface area contributed by atoms with Crippen molar-refractivity contribution in [1.82, 2.24) is 20.4 Å². The van der Waals surface area contributed by atoms with E-state index in [4.69, 9.17) is 4.52 Å². The molecule has 2 heterocycles. The van der Waals surface area contributed by atoms with Crippen molar-refractivity contribution in [2.75, 3.05) is 13.6 Å².